The molecule has 5 heteroatoms. The van der Waals surface area contributed by atoms with E-state index < -0.39 is 0 Å². The maximum absolute atomic E-state index is 11.8. The number of carbonyl (C=O) groups is 1. The van der Waals surface area contributed by atoms with Crippen molar-refractivity contribution in [3.63, 3.8) is 0 Å². The molecule has 0 radical (unpaired) electrons. The molecule has 0 aromatic heterocycles. The zero-order chi connectivity index (χ0) is 15.7. The number of likely N-dealkylation sites (N-methyl/N-ethyl adjacent to an activating group) is 1. The number of carbonyl (C=O) groups excluding carboxylic acids is 1. The fourth-order valence-corrected chi connectivity index (χ4v) is 1.90. The molecule has 118 valence electrons. The summed E-state index contributed by atoms with van der Waals surface area (Å²) in [5.74, 6) is 0.232. The summed E-state index contributed by atoms with van der Waals surface area (Å²) in [5, 5.41) is 2.88. The lowest BCUT2D eigenvalue weighted by Crippen LogP contribution is -2.29. The summed E-state index contributed by atoms with van der Waals surface area (Å²) in [6.45, 7) is 4.72. The molecule has 1 aromatic rings. The normalized spacial score (nSPS) is 12.4. The van der Waals surface area contributed by atoms with Gasteiger partial charge < -0.3 is 20.7 Å². The van der Waals surface area contributed by atoms with E-state index in [1.807, 2.05) is 45.3 Å². The number of ether oxygens (including phenoxy) is 1. The minimum Gasteiger partial charge on any atom is -0.399 e. The first-order valence-corrected chi connectivity index (χ1v) is 7.33. The Morgan fingerprint density at radius 2 is 1.95 bits per heavy atom. The van der Waals surface area contributed by atoms with Crippen LogP contribution in [0.15, 0.2) is 24.3 Å². The van der Waals surface area contributed by atoms with Gasteiger partial charge in [0.2, 0.25) is 5.91 Å². The van der Waals surface area contributed by atoms with Crippen LogP contribution in [0.2, 0.25) is 0 Å². The van der Waals surface area contributed by atoms with Crippen molar-refractivity contribution in [2.45, 2.75) is 19.3 Å². The van der Waals surface area contributed by atoms with Gasteiger partial charge >= 0.3 is 0 Å². The molecule has 0 heterocycles. The number of hydrogen-bond donors (Lipinski definition) is 2. The van der Waals surface area contributed by atoms with Gasteiger partial charge in [-0.05, 0) is 37.7 Å². The van der Waals surface area contributed by atoms with Crippen molar-refractivity contribution in [1.29, 1.82) is 0 Å². The summed E-state index contributed by atoms with van der Waals surface area (Å²) >= 11 is 0. The molecule has 0 aliphatic rings. The average molecular weight is 293 g/mol. The molecule has 0 aliphatic carbocycles. The molecule has 0 spiro atoms. The third-order valence-electron chi connectivity index (χ3n) is 3.25. The Balaban J connectivity index is 2.17. The van der Waals surface area contributed by atoms with Crippen molar-refractivity contribution < 1.29 is 9.53 Å². The Bertz CT molecular complexity index is 418. The number of amides is 1. The Morgan fingerprint density at radius 3 is 2.57 bits per heavy atom. The van der Waals surface area contributed by atoms with Crippen molar-refractivity contribution >= 4 is 11.6 Å². The summed E-state index contributed by atoms with van der Waals surface area (Å²) in [7, 11) is 4.01. The first-order chi connectivity index (χ1) is 9.99. The molecule has 1 atom stereocenters. The predicted octanol–water partition coefficient (Wildman–Crippen LogP) is 1.46. The van der Waals surface area contributed by atoms with E-state index in [9.17, 15) is 4.79 Å². The maximum atomic E-state index is 11.8. The molecule has 1 aromatic carbocycles. The van der Waals surface area contributed by atoms with Crippen molar-refractivity contribution in [3.05, 3.63) is 29.8 Å². The highest BCUT2D eigenvalue weighted by Crippen LogP contribution is 2.19. The van der Waals surface area contributed by atoms with Gasteiger partial charge in [-0.1, -0.05) is 19.1 Å². The van der Waals surface area contributed by atoms with E-state index in [1.54, 1.807) is 0 Å². The first kappa shape index (κ1) is 17.5. The average Bonchev–Trinajstić information content (AvgIpc) is 2.43. The minimum atomic E-state index is 0.0514. The van der Waals surface area contributed by atoms with E-state index >= 15 is 0 Å². The maximum Gasteiger partial charge on any atom is 0.220 e. The lowest BCUT2D eigenvalue weighted by Gasteiger charge is -2.13. The molecule has 5 nitrogen and oxygen atoms in total. The summed E-state index contributed by atoms with van der Waals surface area (Å²) in [4.78, 5) is 13.9. The number of nitrogens with one attached hydrogen (secondary N) is 1. The number of nitrogen functional groups attached to an aromatic ring is 1. The predicted molar refractivity (Wildman–Crippen MR) is 86.3 cm³/mol. The largest absolute Gasteiger partial charge is 0.399 e. The van der Waals surface area contributed by atoms with Gasteiger partial charge in [0.05, 0.1) is 13.2 Å². The Morgan fingerprint density at radius 1 is 1.29 bits per heavy atom. The van der Waals surface area contributed by atoms with Crippen molar-refractivity contribution in [3.8, 4) is 0 Å². The molecule has 0 fully saturated rings. The van der Waals surface area contributed by atoms with E-state index in [0.717, 1.165) is 17.8 Å². The number of hydrogen-bond acceptors (Lipinski definition) is 4. The van der Waals surface area contributed by atoms with Crippen LogP contribution in [0.5, 0.6) is 0 Å². The molecule has 0 saturated carbocycles. The van der Waals surface area contributed by atoms with Crippen LogP contribution >= 0.6 is 0 Å². The summed E-state index contributed by atoms with van der Waals surface area (Å²) in [5.41, 5.74) is 7.52. The van der Waals surface area contributed by atoms with E-state index in [-0.39, 0.29) is 11.8 Å². The summed E-state index contributed by atoms with van der Waals surface area (Å²) in [6.07, 6.45) is 0.474. The Kier molecular flexibility index (Phi) is 7.79. The van der Waals surface area contributed by atoms with E-state index in [0.29, 0.717) is 26.2 Å². The highest BCUT2D eigenvalue weighted by molar-refractivity contribution is 5.76. The van der Waals surface area contributed by atoms with Gasteiger partial charge in [-0.15, -0.1) is 0 Å². The van der Waals surface area contributed by atoms with E-state index in [2.05, 4.69) is 10.2 Å². The number of anilines is 1. The van der Waals surface area contributed by atoms with Crippen molar-refractivity contribution in [2.24, 2.45) is 0 Å². The number of nitrogens with two attached hydrogens (primary N) is 1. The summed E-state index contributed by atoms with van der Waals surface area (Å²) in [6, 6.07) is 7.67. The molecule has 1 rings (SSSR count). The molecule has 21 heavy (non-hydrogen) atoms. The van der Waals surface area contributed by atoms with Crippen LogP contribution in [0, 0.1) is 0 Å². The monoisotopic (exact) mass is 293 g/mol. The number of rotatable bonds is 9. The lowest BCUT2D eigenvalue weighted by molar-refractivity contribution is -0.121. The zero-order valence-corrected chi connectivity index (χ0v) is 13.3. The first-order valence-electron chi connectivity index (χ1n) is 7.33. The Hall–Kier alpha value is -1.59. The third kappa shape index (κ3) is 7.68. The Labute approximate surface area is 127 Å². The topological polar surface area (TPSA) is 67.6 Å². The van der Waals surface area contributed by atoms with Gasteiger partial charge in [-0.2, -0.15) is 0 Å². The SMILES string of the molecule is CC(CC(=O)NCCOCCN(C)C)c1ccc(N)cc1. The second-order valence-electron chi connectivity index (χ2n) is 5.54. The number of benzene rings is 1. The highest BCUT2D eigenvalue weighted by atomic mass is 16.5. The molecule has 0 saturated heterocycles. The second-order valence-corrected chi connectivity index (χ2v) is 5.54. The fraction of sp³-hybridized carbons (Fsp3) is 0.562. The quantitative estimate of drug-likeness (QED) is 0.534. The van der Waals surface area contributed by atoms with Crippen LogP contribution in [0.1, 0.15) is 24.8 Å². The lowest BCUT2D eigenvalue weighted by atomic mass is 9.97. The van der Waals surface area contributed by atoms with Crippen molar-refractivity contribution in [2.75, 3.05) is 46.1 Å². The van der Waals surface area contributed by atoms with Gasteiger partial charge in [0, 0.05) is 25.2 Å². The van der Waals surface area contributed by atoms with Gasteiger partial charge in [0.15, 0.2) is 0 Å². The molecule has 3 N–H and O–H groups in total. The van der Waals surface area contributed by atoms with Crippen molar-refractivity contribution in [1.82, 2.24) is 10.2 Å². The van der Waals surface area contributed by atoms with Gasteiger partial charge in [0.25, 0.3) is 0 Å². The van der Waals surface area contributed by atoms with Crippen LogP contribution in [-0.2, 0) is 9.53 Å². The molecule has 0 aliphatic heterocycles. The van der Waals surface area contributed by atoms with Gasteiger partial charge in [-0.3, -0.25) is 4.79 Å². The second kappa shape index (κ2) is 9.37. The van der Waals surface area contributed by atoms with Crippen LogP contribution in [-0.4, -0.2) is 51.2 Å². The number of nitrogens with zero attached hydrogens (tertiary/aromatic N) is 1. The van der Waals surface area contributed by atoms with Crippen LogP contribution in [0.4, 0.5) is 5.69 Å². The highest BCUT2D eigenvalue weighted by Gasteiger charge is 2.10. The van der Waals surface area contributed by atoms with E-state index in [4.69, 9.17) is 10.5 Å². The van der Waals surface area contributed by atoms with Gasteiger partial charge in [0.1, 0.15) is 0 Å². The smallest absolute Gasteiger partial charge is 0.220 e. The van der Waals surface area contributed by atoms with Gasteiger partial charge in [-0.25, -0.2) is 0 Å². The summed E-state index contributed by atoms with van der Waals surface area (Å²) < 4.78 is 5.43. The fourth-order valence-electron chi connectivity index (χ4n) is 1.90. The molecular formula is C16H27N3O2. The van der Waals surface area contributed by atoms with Crippen LogP contribution < -0.4 is 11.1 Å². The van der Waals surface area contributed by atoms with E-state index in [1.165, 1.54) is 0 Å². The molecule has 0 bridgehead atoms. The molecule has 1 unspecified atom stereocenters. The minimum absolute atomic E-state index is 0.0514. The standard InChI is InChI=1S/C16H27N3O2/c1-13(14-4-6-15(17)7-5-14)12-16(20)18-8-10-21-11-9-19(2)3/h4-7,13H,8-12,17H2,1-3H3,(H,18,20). The molecular weight excluding hydrogens is 266 g/mol. The van der Waals surface area contributed by atoms with Crippen LogP contribution in [0.3, 0.4) is 0 Å². The van der Waals surface area contributed by atoms with Crippen LogP contribution in [0.25, 0.3) is 0 Å². The third-order valence-corrected chi connectivity index (χ3v) is 3.25. The molecule has 1 amide bonds. The zero-order valence-electron chi connectivity index (χ0n) is 13.3.